The molecule has 0 aliphatic rings. The van der Waals surface area contributed by atoms with E-state index in [9.17, 15) is 9.90 Å². The minimum Gasteiger partial charge on any atom is -0.387 e. The van der Waals surface area contributed by atoms with Gasteiger partial charge in [-0.25, -0.2) is 0 Å². The van der Waals surface area contributed by atoms with E-state index >= 15 is 0 Å². The molecule has 0 aliphatic heterocycles. The zero-order valence-electron chi connectivity index (χ0n) is 10.5. The van der Waals surface area contributed by atoms with Gasteiger partial charge in [-0.1, -0.05) is 41.7 Å². The Morgan fingerprint density at radius 3 is 2.84 bits per heavy atom. The van der Waals surface area contributed by atoms with E-state index in [1.54, 1.807) is 0 Å². The Hall–Kier alpha value is -1.79. The van der Waals surface area contributed by atoms with Gasteiger partial charge < -0.3 is 10.4 Å². The number of amides is 1. The van der Waals surface area contributed by atoms with Crippen LogP contribution in [0.2, 0.25) is 0 Å². The zero-order valence-corrected chi connectivity index (χ0v) is 11.4. The summed E-state index contributed by atoms with van der Waals surface area (Å²) in [5, 5.41) is 16.5. The lowest BCUT2D eigenvalue weighted by molar-refractivity contribution is 0.0919. The minimum absolute atomic E-state index is 0.171. The van der Waals surface area contributed by atoms with Crippen molar-refractivity contribution >= 4 is 17.4 Å². The number of nitrogens with one attached hydrogen (secondary N) is 1. The maximum Gasteiger partial charge on any atom is 0.265 e. The quantitative estimate of drug-likeness (QED) is 0.869. The van der Waals surface area contributed by atoms with Gasteiger partial charge in [0.05, 0.1) is 11.8 Å². The number of benzene rings is 1. The molecule has 1 unspecified atom stereocenters. The van der Waals surface area contributed by atoms with Crippen molar-refractivity contribution in [2.75, 3.05) is 6.54 Å². The van der Waals surface area contributed by atoms with E-state index in [2.05, 4.69) is 14.9 Å². The van der Waals surface area contributed by atoms with Crippen LogP contribution in [0, 0.1) is 0 Å². The molecule has 5 nitrogen and oxygen atoms in total. The number of hydrogen-bond acceptors (Lipinski definition) is 5. The number of aryl methyl sites for hydroxylation is 1. The van der Waals surface area contributed by atoms with E-state index in [-0.39, 0.29) is 12.5 Å². The van der Waals surface area contributed by atoms with Crippen LogP contribution in [0.3, 0.4) is 0 Å². The van der Waals surface area contributed by atoms with Crippen molar-refractivity contribution in [1.29, 1.82) is 0 Å². The van der Waals surface area contributed by atoms with E-state index in [1.807, 2.05) is 37.3 Å². The molecule has 2 N–H and O–H groups in total. The number of aliphatic hydroxyl groups is 1. The second kappa shape index (κ2) is 6.40. The summed E-state index contributed by atoms with van der Waals surface area (Å²) in [6.45, 7) is 2.09. The number of nitrogens with zero attached hydrogens (tertiary/aromatic N) is 2. The molecule has 2 aromatic rings. The first-order valence-electron chi connectivity index (χ1n) is 6.04. The van der Waals surface area contributed by atoms with Crippen LogP contribution in [0.4, 0.5) is 0 Å². The highest BCUT2D eigenvalue weighted by Crippen LogP contribution is 2.13. The third-order valence-corrected chi connectivity index (χ3v) is 3.50. The molecule has 100 valence electrons. The van der Waals surface area contributed by atoms with Crippen molar-refractivity contribution in [1.82, 2.24) is 14.9 Å². The van der Waals surface area contributed by atoms with Crippen molar-refractivity contribution < 1.29 is 9.90 Å². The summed E-state index contributed by atoms with van der Waals surface area (Å²) < 4.78 is 3.77. The molecule has 0 radical (unpaired) electrons. The normalized spacial score (nSPS) is 12.1. The van der Waals surface area contributed by atoms with Crippen molar-refractivity contribution in [3.8, 4) is 0 Å². The van der Waals surface area contributed by atoms with E-state index in [4.69, 9.17) is 0 Å². The first-order chi connectivity index (χ1) is 9.22. The summed E-state index contributed by atoms with van der Waals surface area (Å²) in [6, 6.07) is 9.22. The van der Waals surface area contributed by atoms with Crippen LogP contribution in [-0.2, 0) is 6.42 Å². The molecule has 1 aromatic heterocycles. The summed E-state index contributed by atoms with van der Waals surface area (Å²) in [5.41, 5.74) is 1.47. The zero-order chi connectivity index (χ0) is 13.7. The van der Waals surface area contributed by atoms with Crippen molar-refractivity contribution in [2.45, 2.75) is 19.4 Å². The smallest absolute Gasteiger partial charge is 0.265 e. The monoisotopic (exact) mass is 277 g/mol. The van der Waals surface area contributed by atoms with Gasteiger partial charge in [0.2, 0.25) is 0 Å². The van der Waals surface area contributed by atoms with Crippen LogP contribution in [0.1, 0.15) is 34.0 Å². The number of carbonyl (C=O) groups excluding carboxylic acids is 1. The van der Waals surface area contributed by atoms with E-state index in [1.165, 1.54) is 0 Å². The Labute approximate surface area is 115 Å². The third-order valence-electron chi connectivity index (χ3n) is 2.74. The molecule has 1 amide bonds. The fourth-order valence-corrected chi connectivity index (χ4v) is 2.34. The second-order valence-electron chi connectivity index (χ2n) is 4.04. The van der Waals surface area contributed by atoms with Gasteiger partial charge in [-0.3, -0.25) is 4.79 Å². The van der Waals surface area contributed by atoms with Crippen molar-refractivity contribution in [2.24, 2.45) is 0 Å². The number of aromatic nitrogens is 2. The number of rotatable bonds is 5. The van der Waals surface area contributed by atoms with E-state index in [0.717, 1.165) is 17.1 Å². The Kier molecular flexibility index (Phi) is 4.59. The van der Waals surface area contributed by atoms with Gasteiger partial charge in [-0.05, 0) is 23.5 Å². The lowest BCUT2D eigenvalue weighted by Gasteiger charge is -2.11. The largest absolute Gasteiger partial charge is 0.387 e. The standard InChI is InChI=1S/C13H15N3O2S/c1-2-10-12(19-16-15-10)13(18)14-8-11(17)9-6-4-3-5-7-9/h3-7,11,17H,2,8H2,1H3,(H,14,18). The summed E-state index contributed by atoms with van der Waals surface area (Å²) in [7, 11) is 0. The van der Waals surface area contributed by atoms with Crippen molar-refractivity contribution in [3.05, 3.63) is 46.5 Å². The molecule has 0 spiro atoms. The maximum atomic E-state index is 11.9. The fourth-order valence-electron chi connectivity index (χ4n) is 1.68. The van der Waals surface area contributed by atoms with Crippen LogP contribution in [0.5, 0.6) is 0 Å². The molecular formula is C13H15N3O2S. The summed E-state index contributed by atoms with van der Waals surface area (Å²) in [4.78, 5) is 12.4. The molecule has 0 aliphatic carbocycles. The molecule has 0 saturated heterocycles. The van der Waals surface area contributed by atoms with Crippen LogP contribution in [0.25, 0.3) is 0 Å². The highest BCUT2D eigenvalue weighted by atomic mass is 32.1. The molecule has 1 heterocycles. The van der Waals surface area contributed by atoms with Crippen LogP contribution >= 0.6 is 11.5 Å². The predicted octanol–water partition coefficient (Wildman–Crippen LogP) is 1.56. The third kappa shape index (κ3) is 3.36. The first kappa shape index (κ1) is 13.6. The molecule has 1 atom stereocenters. The molecule has 0 saturated carbocycles. The molecule has 6 heteroatoms. The van der Waals surface area contributed by atoms with Gasteiger partial charge in [0.15, 0.2) is 0 Å². The Balaban J connectivity index is 1.94. The fraction of sp³-hybridized carbons (Fsp3) is 0.308. The van der Waals surface area contributed by atoms with Crippen LogP contribution in [-0.4, -0.2) is 27.1 Å². The van der Waals surface area contributed by atoms with Crippen LogP contribution in [0.15, 0.2) is 30.3 Å². The topological polar surface area (TPSA) is 75.1 Å². The average Bonchev–Trinajstić information content (AvgIpc) is 2.93. The van der Waals surface area contributed by atoms with Gasteiger partial charge in [0.25, 0.3) is 5.91 Å². The Morgan fingerprint density at radius 1 is 1.42 bits per heavy atom. The summed E-state index contributed by atoms with van der Waals surface area (Å²) in [6.07, 6.45) is -0.0448. The highest BCUT2D eigenvalue weighted by Gasteiger charge is 2.16. The predicted molar refractivity (Wildman–Crippen MR) is 73.0 cm³/mol. The van der Waals surface area contributed by atoms with Gasteiger partial charge in [-0.15, -0.1) is 5.10 Å². The van der Waals surface area contributed by atoms with Gasteiger partial charge in [0, 0.05) is 6.54 Å². The van der Waals surface area contributed by atoms with E-state index in [0.29, 0.717) is 17.0 Å². The SMILES string of the molecule is CCc1nnsc1C(=O)NCC(O)c1ccccc1. The van der Waals surface area contributed by atoms with Gasteiger partial charge in [0.1, 0.15) is 4.88 Å². The Morgan fingerprint density at radius 2 is 2.16 bits per heavy atom. The maximum absolute atomic E-state index is 11.9. The molecule has 0 bridgehead atoms. The summed E-state index contributed by atoms with van der Waals surface area (Å²) >= 11 is 1.07. The number of carbonyl (C=O) groups is 1. The highest BCUT2D eigenvalue weighted by molar-refractivity contribution is 7.08. The lowest BCUT2D eigenvalue weighted by Crippen LogP contribution is -2.28. The molecule has 1 aromatic carbocycles. The molecule has 2 rings (SSSR count). The Bertz CT molecular complexity index is 542. The van der Waals surface area contributed by atoms with Crippen molar-refractivity contribution in [3.63, 3.8) is 0 Å². The molecule has 0 fully saturated rings. The number of hydrogen-bond donors (Lipinski definition) is 2. The minimum atomic E-state index is -0.712. The second-order valence-corrected chi connectivity index (χ2v) is 4.79. The van der Waals surface area contributed by atoms with Gasteiger partial charge >= 0.3 is 0 Å². The first-order valence-corrected chi connectivity index (χ1v) is 6.82. The molecular weight excluding hydrogens is 262 g/mol. The van der Waals surface area contributed by atoms with E-state index < -0.39 is 6.10 Å². The summed E-state index contributed by atoms with van der Waals surface area (Å²) in [5.74, 6) is -0.234. The molecule has 19 heavy (non-hydrogen) atoms. The van der Waals surface area contributed by atoms with Gasteiger partial charge in [-0.2, -0.15) is 0 Å². The lowest BCUT2D eigenvalue weighted by atomic mass is 10.1. The number of aliphatic hydroxyl groups excluding tert-OH is 1. The van der Waals surface area contributed by atoms with Crippen LogP contribution < -0.4 is 5.32 Å². The average molecular weight is 277 g/mol.